The molecular weight excluding hydrogens is 152 g/mol. The van der Waals surface area contributed by atoms with Crippen LogP contribution in [0.3, 0.4) is 0 Å². The van der Waals surface area contributed by atoms with Gasteiger partial charge in [0.1, 0.15) is 0 Å². The summed E-state index contributed by atoms with van der Waals surface area (Å²) in [6.45, 7) is 4.44. The Hall–Kier alpha value is -0.990. The van der Waals surface area contributed by atoms with Gasteiger partial charge in [-0.05, 0) is 6.42 Å². The van der Waals surface area contributed by atoms with Crippen molar-refractivity contribution in [3.63, 3.8) is 0 Å². The quantitative estimate of drug-likeness (QED) is 0.501. The zero-order valence-corrected chi connectivity index (χ0v) is 7.55. The summed E-state index contributed by atoms with van der Waals surface area (Å²) in [7, 11) is 0. The number of hydrogen-bond acceptors (Lipinski definition) is 1. The molecule has 1 heterocycles. The second-order valence-electron chi connectivity index (χ2n) is 2.96. The summed E-state index contributed by atoms with van der Waals surface area (Å²) in [5.74, 6) is 0. The maximum atomic E-state index is 11.3. The predicted octanol–water partition coefficient (Wildman–Crippen LogP) is 1.37. The average Bonchev–Trinajstić information content (AvgIpc) is 2.56. The van der Waals surface area contributed by atoms with Gasteiger partial charge in [-0.2, -0.15) is 0 Å². The summed E-state index contributed by atoms with van der Waals surface area (Å²) in [4.78, 5) is 13.1. The van der Waals surface area contributed by atoms with E-state index in [0.29, 0.717) is 0 Å². The number of carbonyl (C=O) groups excluding carboxylic acids is 1. The number of hydrogen-bond donors (Lipinski definition) is 1. The lowest BCUT2D eigenvalue weighted by atomic mass is 10.3. The van der Waals surface area contributed by atoms with Gasteiger partial charge in [-0.3, -0.25) is 0 Å². The van der Waals surface area contributed by atoms with Crippen LogP contribution in [0.1, 0.15) is 19.8 Å². The highest BCUT2D eigenvalue weighted by atomic mass is 16.2. The van der Waals surface area contributed by atoms with Gasteiger partial charge in [-0.1, -0.05) is 25.5 Å². The lowest BCUT2D eigenvalue weighted by Crippen LogP contribution is -2.38. The van der Waals surface area contributed by atoms with E-state index >= 15 is 0 Å². The summed E-state index contributed by atoms with van der Waals surface area (Å²) in [5.41, 5.74) is 0. The minimum atomic E-state index is 0.0634. The molecule has 0 saturated carbocycles. The third-order valence-corrected chi connectivity index (χ3v) is 1.91. The molecule has 0 aromatic rings. The zero-order chi connectivity index (χ0) is 8.81. The Bertz CT molecular complexity index is 169. The van der Waals surface area contributed by atoms with Gasteiger partial charge in [-0.25, -0.2) is 4.79 Å². The van der Waals surface area contributed by atoms with Crippen molar-refractivity contribution >= 4 is 6.03 Å². The van der Waals surface area contributed by atoms with E-state index in [2.05, 4.69) is 12.2 Å². The van der Waals surface area contributed by atoms with Gasteiger partial charge in [0.25, 0.3) is 0 Å². The van der Waals surface area contributed by atoms with Gasteiger partial charge in [0.05, 0.1) is 0 Å². The fraction of sp³-hybridized carbons (Fsp3) is 0.667. The lowest BCUT2D eigenvalue weighted by Gasteiger charge is -2.15. The van der Waals surface area contributed by atoms with Crippen molar-refractivity contribution in [1.82, 2.24) is 10.2 Å². The van der Waals surface area contributed by atoms with Crippen LogP contribution < -0.4 is 5.32 Å². The van der Waals surface area contributed by atoms with Crippen LogP contribution in [0.15, 0.2) is 12.2 Å². The first-order valence-electron chi connectivity index (χ1n) is 4.52. The summed E-state index contributed by atoms with van der Waals surface area (Å²) < 4.78 is 0. The van der Waals surface area contributed by atoms with Crippen molar-refractivity contribution in [2.45, 2.75) is 19.8 Å². The number of unbranched alkanes of at least 4 members (excludes halogenated alkanes) is 1. The van der Waals surface area contributed by atoms with Crippen molar-refractivity contribution in [2.24, 2.45) is 0 Å². The molecule has 1 rings (SSSR count). The average molecular weight is 168 g/mol. The summed E-state index contributed by atoms with van der Waals surface area (Å²) >= 11 is 0. The predicted molar refractivity (Wildman–Crippen MR) is 49.0 cm³/mol. The molecule has 0 radical (unpaired) electrons. The van der Waals surface area contributed by atoms with Crippen molar-refractivity contribution in [3.8, 4) is 0 Å². The van der Waals surface area contributed by atoms with Crippen LogP contribution in [0, 0.1) is 0 Å². The first-order valence-corrected chi connectivity index (χ1v) is 4.52. The van der Waals surface area contributed by atoms with Gasteiger partial charge in [0.2, 0.25) is 0 Å². The van der Waals surface area contributed by atoms with Gasteiger partial charge in [0, 0.05) is 19.6 Å². The minimum Gasteiger partial charge on any atom is -0.338 e. The van der Waals surface area contributed by atoms with Crippen molar-refractivity contribution in [3.05, 3.63) is 12.2 Å². The first kappa shape index (κ1) is 9.10. The van der Waals surface area contributed by atoms with E-state index in [1.165, 1.54) is 0 Å². The second-order valence-corrected chi connectivity index (χ2v) is 2.96. The van der Waals surface area contributed by atoms with Gasteiger partial charge in [0.15, 0.2) is 0 Å². The fourth-order valence-corrected chi connectivity index (χ4v) is 1.13. The molecule has 0 spiro atoms. The van der Waals surface area contributed by atoms with E-state index in [-0.39, 0.29) is 6.03 Å². The Balaban J connectivity index is 2.11. The number of nitrogens with zero attached hydrogens (tertiary/aromatic N) is 1. The van der Waals surface area contributed by atoms with Crippen molar-refractivity contribution in [2.75, 3.05) is 19.6 Å². The summed E-state index contributed by atoms with van der Waals surface area (Å²) in [6, 6.07) is 0.0634. The molecule has 0 bridgehead atoms. The maximum Gasteiger partial charge on any atom is 0.317 e. The highest BCUT2D eigenvalue weighted by Crippen LogP contribution is 1.98. The third kappa shape index (κ3) is 2.57. The largest absolute Gasteiger partial charge is 0.338 e. The molecule has 0 fully saturated rings. The van der Waals surface area contributed by atoms with Crippen LogP contribution in [-0.4, -0.2) is 30.6 Å². The van der Waals surface area contributed by atoms with E-state index in [1.807, 2.05) is 12.2 Å². The Morgan fingerprint density at radius 2 is 2.17 bits per heavy atom. The van der Waals surface area contributed by atoms with E-state index in [9.17, 15) is 4.79 Å². The fourth-order valence-electron chi connectivity index (χ4n) is 1.13. The Morgan fingerprint density at radius 1 is 1.50 bits per heavy atom. The molecule has 1 aliphatic heterocycles. The number of carbonyl (C=O) groups is 1. The van der Waals surface area contributed by atoms with E-state index in [4.69, 9.17) is 0 Å². The normalized spacial score (nSPS) is 15.2. The van der Waals surface area contributed by atoms with Crippen LogP contribution in [0.2, 0.25) is 0 Å². The molecule has 12 heavy (non-hydrogen) atoms. The molecule has 0 saturated heterocycles. The summed E-state index contributed by atoms with van der Waals surface area (Å²) in [5, 5.41) is 2.87. The first-order chi connectivity index (χ1) is 5.84. The summed E-state index contributed by atoms with van der Waals surface area (Å²) in [6.07, 6.45) is 6.21. The molecule has 3 heteroatoms. The third-order valence-electron chi connectivity index (χ3n) is 1.91. The van der Waals surface area contributed by atoms with Crippen LogP contribution in [-0.2, 0) is 0 Å². The lowest BCUT2D eigenvalue weighted by molar-refractivity contribution is 0.210. The van der Waals surface area contributed by atoms with Crippen LogP contribution in [0.4, 0.5) is 4.79 Å². The molecular formula is C9H16N2O. The Morgan fingerprint density at radius 3 is 2.75 bits per heavy atom. The number of amides is 2. The highest BCUT2D eigenvalue weighted by Gasteiger charge is 2.12. The molecule has 0 aliphatic carbocycles. The molecule has 68 valence electrons. The van der Waals surface area contributed by atoms with Gasteiger partial charge < -0.3 is 10.2 Å². The monoisotopic (exact) mass is 168 g/mol. The topological polar surface area (TPSA) is 32.3 Å². The molecule has 0 aromatic carbocycles. The van der Waals surface area contributed by atoms with Crippen molar-refractivity contribution in [1.29, 1.82) is 0 Å². The number of urea groups is 1. The highest BCUT2D eigenvalue weighted by molar-refractivity contribution is 5.74. The molecule has 1 aliphatic rings. The van der Waals surface area contributed by atoms with Gasteiger partial charge >= 0.3 is 6.03 Å². The van der Waals surface area contributed by atoms with Crippen LogP contribution in [0.25, 0.3) is 0 Å². The molecule has 0 unspecified atom stereocenters. The molecule has 0 atom stereocenters. The van der Waals surface area contributed by atoms with Crippen LogP contribution >= 0.6 is 0 Å². The molecule has 1 N–H and O–H groups in total. The zero-order valence-electron chi connectivity index (χ0n) is 7.55. The number of rotatable bonds is 3. The molecule has 0 aromatic heterocycles. The van der Waals surface area contributed by atoms with E-state index in [1.54, 1.807) is 4.90 Å². The molecule has 3 nitrogen and oxygen atoms in total. The SMILES string of the molecule is CCCCNC(=O)N1CC=CC1. The van der Waals surface area contributed by atoms with E-state index in [0.717, 1.165) is 32.5 Å². The Kier molecular flexibility index (Phi) is 3.64. The number of nitrogens with one attached hydrogen (secondary N) is 1. The van der Waals surface area contributed by atoms with Crippen molar-refractivity contribution < 1.29 is 4.79 Å². The van der Waals surface area contributed by atoms with Crippen LogP contribution in [0.5, 0.6) is 0 Å². The second kappa shape index (κ2) is 4.80. The van der Waals surface area contributed by atoms with E-state index < -0.39 is 0 Å². The maximum absolute atomic E-state index is 11.3. The molecule has 2 amide bonds. The smallest absolute Gasteiger partial charge is 0.317 e. The Labute approximate surface area is 73.4 Å². The van der Waals surface area contributed by atoms with Gasteiger partial charge in [-0.15, -0.1) is 0 Å². The standard InChI is InChI=1S/C9H16N2O/c1-2-3-6-10-9(12)11-7-4-5-8-11/h4-5H,2-3,6-8H2,1H3,(H,10,12). The minimum absolute atomic E-state index is 0.0634.